The lowest BCUT2D eigenvalue weighted by Crippen LogP contribution is -2.20. The third-order valence-corrected chi connectivity index (χ3v) is 3.23. The molecule has 0 saturated carbocycles. The smallest absolute Gasteiger partial charge is 0.272 e. The molecule has 2 heterocycles. The minimum absolute atomic E-state index is 0.322. The molecule has 0 spiro atoms. The van der Waals surface area contributed by atoms with Crippen molar-refractivity contribution in [2.45, 2.75) is 13.5 Å². The van der Waals surface area contributed by atoms with Crippen LogP contribution in [0, 0.1) is 6.92 Å². The molecule has 0 amide bonds. The first-order chi connectivity index (χ1) is 9.66. The first-order valence-electron chi connectivity index (χ1n) is 6.17. The Morgan fingerprint density at radius 2 is 1.95 bits per heavy atom. The van der Waals surface area contributed by atoms with Gasteiger partial charge < -0.3 is 9.73 Å². The average Bonchev–Trinajstić information content (AvgIpc) is 2.86. The molecule has 20 heavy (non-hydrogen) atoms. The van der Waals surface area contributed by atoms with Crippen LogP contribution in [0.15, 0.2) is 44.5 Å². The maximum absolute atomic E-state index is 11.9. The lowest BCUT2D eigenvalue weighted by molar-refractivity contribution is 0.515. The zero-order valence-corrected chi connectivity index (χ0v) is 10.8. The predicted octanol–water partition coefficient (Wildman–Crippen LogP) is 1.73. The molecule has 0 bridgehead atoms. The van der Waals surface area contributed by atoms with E-state index in [2.05, 4.69) is 15.5 Å². The molecule has 3 N–H and O–H groups in total. The number of H-pyrrole nitrogens is 2. The van der Waals surface area contributed by atoms with Crippen molar-refractivity contribution in [2.24, 2.45) is 0 Å². The van der Waals surface area contributed by atoms with Crippen LogP contribution < -0.4 is 16.4 Å². The van der Waals surface area contributed by atoms with E-state index >= 15 is 0 Å². The molecule has 3 aromatic rings. The highest BCUT2D eigenvalue weighted by atomic mass is 16.3. The van der Waals surface area contributed by atoms with Crippen LogP contribution in [0.4, 0.5) is 5.69 Å². The van der Waals surface area contributed by atoms with Gasteiger partial charge in [0.2, 0.25) is 0 Å². The Hall–Kier alpha value is -2.76. The van der Waals surface area contributed by atoms with Crippen molar-refractivity contribution in [2.75, 3.05) is 5.32 Å². The van der Waals surface area contributed by atoms with E-state index in [1.165, 1.54) is 0 Å². The molecule has 0 aliphatic carbocycles. The lowest BCUT2D eigenvalue weighted by atomic mass is 10.1. The van der Waals surface area contributed by atoms with E-state index in [4.69, 9.17) is 4.42 Å². The van der Waals surface area contributed by atoms with E-state index in [-0.39, 0.29) is 11.1 Å². The molecular weight excluding hydrogens is 258 g/mol. The molecule has 0 aliphatic heterocycles. The van der Waals surface area contributed by atoms with Crippen LogP contribution in [0.2, 0.25) is 0 Å². The molecule has 1 aromatic carbocycles. The third kappa shape index (κ3) is 2.01. The minimum Gasteiger partial charge on any atom is -0.467 e. The van der Waals surface area contributed by atoms with Crippen LogP contribution in [0.3, 0.4) is 0 Å². The molecule has 6 nitrogen and oxygen atoms in total. The summed E-state index contributed by atoms with van der Waals surface area (Å²) in [5, 5.41) is 8.48. The van der Waals surface area contributed by atoms with Gasteiger partial charge in [-0.3, -0.25) is 19.8 Å². The van der Waals surface area contributed by atoms with Crippen LogP contribution in [0.1, 0.15) is 11.3 Å². The Morgan fingerprint density at radius 1 is 1.15 bits per heavy atom. The summed E-state index contributed by atoms with van der Waals surface area (Å²) < 4.78 is 5.34. The molecule has 0 radical (unpaired) electrons. The second-order valence-corrected chi connectivity index (χ2v) is 4.52. The van der Waals surface area contributed by atoms with Crippen LogP contribution >= 0.6 is 0 Å². The summed E-state index contributed by atoms with van der Waals surface area (Å²) in [6, 6.07) is 6.98. The highest BCUT2D eigenvalue weighted by molar-refractivity contribution is 5.92. The maximum Gasteiger partial charge on any atom is 0.272 e. The number of benzene rings is 1. The van der Waals surface area contributed by atoms with Gasteiger partial charge in [-0.15, -0.1) is 0 Å². The Balaban J connectivity index is 2.04. The quantitative estimate of drug-likeness (QED) is 0.676. The number of hydrogen-bond donors (Lipinski definition) is 3. The highest BCUT2D eigenvalue weighted by Gasteiger charge is 2.09. The Morgan fingerprint density at radius 3 is 2.70 bits per heavy atom. The molecule has 0 saturated heterocycles. The summed E-state index contributed by atoms with van der Waals surface area (Å²) in [7, 11) is 0. The molecule has 2 aromatic heterocycles. The number of hydrogen-bond acceptors (Lipinski definition) is 4. The van der Waals surface area contributed by atoms with Crippen molar-refractivity contribution in [3.05, 3.63) is 62.6 Å². The fraction of sp³-hybridized carbons (Fsp3) is 0.143. The number of rotatable bonds is 3. The van der Waals surface area contributed by atoms with Crippen molar-refractivity contribution in [1.82, 2.24) is 10.2 Å². The normalized spacial score (nSPS) is 10.8. The Kier molecular flexibility index (Phi) is 2.90. The summed E-state index contributed by atoms with van der Waals surface area (Å²) in [5.74, 6) is 0.795. The number of furan rings is 1. The van der Waals surface area contributed by atoms with Crippen LogP contribution in [-0.4, -0.2) is 10.2 Å². The van der Waals surface area contributed by atoms with E-state index in [1.807, 2.05) is 13.0 Å². The number of aromatic nitrogens is 2. The van der Waals surface area contributed by atoms with Gasteiger partial charge in [-0.25, -0.2) is 0 Å². The van der Waals surface area contributed by atoms with Gasteiger partial charge in [-0.05, 0) is 30.7 Å². The number of aryl methyl sites for hydroxylation is 1. The molecule has 6 heteroatoms. The van der Waals surface area contributed by atoms with Crippen molar-refractivity contribution in [1.29, 1.82) is 0 Å². The topological polar surface area (TPSA) is 90.9 Å². The van der Waals surface area contributed by atoms with Crippen molar-refractivity contribution < 1.29 is 4.42 Å². The molecule has 0 aliphatic rings. The SMILES string of the molecule is Cc1ccoc1CNc1cccc2c(=O)[nH][nH]c(=O)c12. The van der Waals surface area contributed by atoms with Crippen molar-refractivity contribution >= 4 is 16.5 Å². The van der Waals surface area contributed by atoms with Gasteiger partial charge in [0.25, 0.3) is 11.1 Å². The van der Waals surface area contributed by atoms with Gasteiger partial charge in [0.05, 0.1) is 23.6 Å². The van der Waals surface area contributed by atoms with Crippen LogP contribution in [-0.2, 0) is 6.54 Å². The van der Waals surface area contributed by atoms with Gasteiger partial charge in [0.15, 0.2) is 0 Å². The van der Waals surface area contributed by atoms with E-state index in [1.54, 1.807) is 24.5 Å². The zero-order valence-electron chi connectivity index (χ0n) is 10.8. The van der Waals surface area contributed by atoms with Gasteiger partial charge in [0.1, 0.15) is 5.76 Å². The minimum atomic E-state index is -0.334. The molecule has 0 unspecified atom stereocenters. The van der Waals surface area contributed by atoms with E-state index in [0.717, 1.165) is 11.3 Å². The Bertz CT molecular complexity index is 873. The number of fused-ring (bicyclic) bond motifs is 1. The molecule has 0 fully saturated rings. The number of aromatic amines is 2. The molecule has 3 rings (SSSR count). The summed E-state index contributed by atoms with van der Waals surface area (Å²) in [6.07, 6.45) is 1.62. The van der Waals surface area contributed by atoms with Gasteiger partial charge >= 0.3 is 0 Å². The third-order valence-electron chi connectivity index (χ3n) is 3.23. The van der Waals surface area contributed by atoms with Gasteiger partial charge in [-0.2, -0.15) is 0 Å². The summed E-state index contributed by atoms with van der Waals surface area (Å²) in [5.41, 5.74) is 0.978. The fourth-order valence-electron chi connectivity index (χ4n) is 2.14. The number of anilines is 1. The highest BCUT2D eigenvalue weighted by Crippen LogP contribution is 2.18. The zero-order chi connectivity index (χ0) is 14.1. The predicted molar refractivity (Wildman–Crippen MR) is 76.0 cm³/mol. The first-order valence-corrected chi connectivity index (χ1v) is 6.17. The standard InChI is InChI=1S/C14H13N3O3/c1-8-5-6-20-11(8)7-15-10-4-2-3-9-12(10)14(19)17-16-13(9)18/h2-6,15H,7H2,1H3,(H,16,18)(H,17,19). The molecule has 0 atom stereocenters. The monoisotopic (exact) mass is 271 g/mol. The molecule has 102 valence electrons. The average molecular weight is 271 g/mol. The molecular formula is C14H13N3O3. The van der Waals surface area contributed by atoms with E-state index in [9.17, 15) is 9.59 Å². The largest absolute Gasteiger partial charge is 0.467 e. The Labute approximate surface area is 113 Å². The number of nitrogens with one attached hydrogen (secondary N) is 3. The maximum atomic E-state index is 11.9. The van der Waals surface area contributed by atoms with Crippen LogP contribution in [0.25, 0.3) is 10.8 Å². The summed E-state index contributed by atoms with van der Waals surface area (Å²) >= 11 is 0. The fourth-order valence-corrected chi connectivity index (χ4v) is 2.14. The van der Waals surface area contributed by atoms with E-state index in [0.29, 0.717) is 23.0 Å². The summed E-state index contributed by atoms with van der Waals surface area (Å²) in [4.78, 5) is 23.6. The van der Waals surface area contributed by atoms with Gasteiger partial charge in [0, 0.05) is 5.69 Å². The van der Waals surface area contributed by atoms with Gasteiger partial charge in [-0.1, -0.05) is 6.07 Å². The second-order valence-electron chi connectivity index (χ2n) is 4.52. The van der Waals surface area contributed by atoms with Crippen molar-refractivity contribution in [3.63, 3.8) is 0 Å². The van der Waals surface area contributed by atoms with Crippen LogP contribution in [0.5, 0.6) is 0 Å². The van der Waals surface area contributed by atoms with E-state index < -0.39 is 0 Å². The summed E-state index contributed by atoms with van der Waals surface area (Å²) in [6.45, 7) is 2.39. The second kappa shape index (κ2) is 4.73. The lowest BCUT2D eigenvalue weighted by Gasteiger charge is -2.07. The van der Waals surface area contributed by atoms with Crippen molar-refractivity contribution in [3.8, 4) is 0 Å². The first kappa shape index (κ1) is 12.3.